The third-order valence-electron chi connectivity index (χ3n) is 4.93. The van der Waals surface area contributed by atoms with Gasteiger partial charge < -0.3 is 19.9 Å². The number of ether oxygens (including phenoxy) is 1. The van der Waals surface area contributed by atoms with Crippen LogP contribution in [0, 0.1) is 0 Å². The predicted octanol–water partition coefficient (Wildman–Crippen LogP) is 4.57. The summed E-state index contributed by atoms with van der Waals surface area (Å²) >= 11 is 1.62. The van der Waals surface area contributed by atoms with Crippen molar-refractivity contribution >= 4 is 40.3 Å². The molecule has 0 aliphatic heterocycles. The summed E-state index contributed by atoms with van der Waals surface area (Å²) < 4.78 is 5.45. The molecule has 168 valence electrons. The molecule has 1 aromatic heterocycles. The van der Waals surface area contributed by atoms with Crippen molar-refractivity contribution in [2.45, 2.75) is 10.9 Å². The van der Waals surface area contributed by atoms with Gasteiger partial charge in [0.2, 0.25) is 0 Å². The number of aromatic nitrogens is 2. The van der Waals surface area contributed by atoms with Crippen molar-refractivity contribution in [2.24, 2.45) is 0 Å². The lowest BCUT2D eigenvalue weighted by molar-refractivity contribution is -0.130. The molecule has 0 aliphatic rings. The van der Waals surface area contributed by atoms with Crippen molar-refractivity contribution in [3.63, 3.8) is 0 Å². The molecule has 0 saturated carbocycles. The van der Waals surface area contributed by atoms with Gasteiger partial charge in [-0.1, -0.05) is 36.0 Å². The molecule has 2 amide bonds. The monoisotopic (exact) mass is 460 g/mol. The number of rotatable bonds is 8. The van der Waals surface area contributed by atoms with Crippen LogP contribution < -0.4 is 10.1 Å². The lowest BCUT2D eigenvalue weighted by Crippen LogP contribution is -2.27. The highest BCUT2D eigenvalue weighted by Crippen LogP contribution is 2.23. The highest BCUT2D eigenvalue weighted by atomic mass is 32.2. The van der Waals surface area contributed by atoms with E-state index in [-0.39, 0.29) is 18.4 Å². The van der Waals surface area contributed by atoms with Crippen LogP contribution in [0.1, 0.15) is 15.9 Å². The highest BCUT2D eigenvalue weighted by molar-refractivity contribution is 7.98. The van der Waals surface area contributed by atoms with Gasteiger partial charge in [-0.3, -0.25) is 9.59 Å². The van der Waals surface area contributed by atoms with E-state index < -0.39 is 0 Å². The molecule has 0 unspecified atom stereocenters. The molecule has 0 bridgehead atoms. The Morgan fingerprint density at radius 3 is 2.42 bits per heavy atom. The smallest absolute Gasteiger partial charge is 0.259 e. The third kappa shape index (κ3) is 5.93. The third-order valence-corrected chi connectivity index (χ3v) is 5.88. The Labute approximate surface area is 196 Å². The number of nitrogens with one attached hydrogen (secondary N) is 2. The van der Waals surface area contributed by atoms with Gasteiger partial charge in [-0.05, 0) is 54.1 Å². The van der Waals surface area contributed by atoms with Crippen LogP contribution in [-0.2, 0) is 10.5 Å². The van der Waals surface area contributed by atoms with Crippen molar-refractivity contribution in [2.75, 3.05) is 26.0 Å². The van der Waals surface area contributed by atoms with E-state index in [1.165, 1.54) is 4.90 Å². The molecule has 4 rings (SSSR count). The zero-order valence-electron chi connectivity index (χ0n) is 18.4. The zero-order valence-corrected chi connectivity index (χ0v) is 19.2. The lowest BCUT2D eigenvalue weighted by atomic mass is 10.1. The lowest BCUT2D eigenvalue weighted by Gasteiger charge is -2.12. The average molecular weight is 461 g/mol. The Bertz CT molecular complexity index is 1220. The summed E-state index contributed by atoms with van der Waals surface area (Å²) in [4.78, 5) is 33.5. The fourth-order valence-corrected chi connectivity index (χ4v) is 3.85. The van der Waals surface area contributed by atoms with Gasteiger partial charge in [0, 0.05) is 31.1 Å². The first kappa shape index (κ1) is 22.4. The van der Waals surface area contributed by atoms with Gasteiger partial charge in [-0.25, -0.2) is 4.98 Å². The number of nitrogens with zero attached hydrogens (tertiary/aromatic N) is 2. The summed E-state index contributed by atoms with van der Waals surface area (Å²) in [5.41, 5.74) is 4.30. The van der Waals surface area contributed by atoms with E-state index in [9.17, 15) is 9.59 Å². The average Bonchev–Trinajstić information content (AvgIpc) is 3.25. The van der Waals surface area contributed by atoms with E-state index >= 15 is 0 Å². The fraction of sp³-hybridized carbons (Fsp3) is 0.160. The first-order valence-electron chi connectivity index (χ1n) is 10.4. The molecule has 7 nitrogen and oxygen atoms in total. The Morgan fingerprint density at radius 2 is 1.73 bits per heavy atom. The largest absolute Gasteiger partial charge is 0.484 e. The van der Waals surface area contributed by atoms with Gasteiger partial charge in [-0.2, -0.15) is 0 Å². The van der Waals surface area contributed by atoms with Gasteiger partial charge in [0.05, 0.1) is 11.0 Å². The summed E-state index contributed by atoms with van der Waals surface area (Å²) in [7, 11) is 3.35. The number of aromatic amines is 1. The van der Waals surface area contributed by atoms with Gasteiger partial charge in [0.15, 0.2) is 11.8 Å². The van der Waals surface area contributed by atoms with E-state index in [0.29, 0.717) is 17.0 Å². The number of anilines is 1. The molecule has 0 saturated heterocycles. The maximum Gasteiger partial charge on any atom is 0.259 e. The van der Waals surface area contributed by atoms with Crippen molar-refractivity contribution in [1.29, 1.82) is 0 Å². The number of H-pyrrole nitrogens is 1. The Hall–Kier alpha value is -3.78. The molecular formula is C25H24N4O3S. The van der Waals surface area contributed by atoms with Crippen LogP contribution >= 0.6 is 11.8 Å². The molecule has 0 spiro atoms. The number of amides is 2. The molecule has 0 aliphatic carbocycles. The summed E-state index contributed by atoms with van der Waals surface area (Å²) in [6, 6.07) is 22.4. The van der Waals surface area contributed by atoms with Gasteiger partial charge in [-0.15, -0.1) is 0 Å². The van der Waals surface area contributed by atoms with Gasteiger partial charge in [0.25, 0.3) is 11.8 Å². The van der Waals surface area contributed by atoms with E-state index in [1.54, 1.807) is 50.1 Å². The normalized spacial score (nSPS) is 10.7. The molecule has 4 aromatic rings. The van der Waals surface area contributed by atoms with Crippen molar-refractivity contribution in [3.05, 3.63) is 83.9 Å². The fourth-order valence-electron chi connectivity index (χ4n) is 3.01. The van der Waals surface area contributed by atoms with Gasteiger partial charge >= 0.3 is 0 Å². The zero-order chi connectivity index (χ0) is 23.2. The van der Waals surface area contributed by atoms with Crippen LogP contribution in [0.5, 0.6) is 5.75 Å². The molecule has 2 N–H and O–H groups in total. The second-order valence-electron chi connectivity index (χ2n) is 7.60. The molecular weight excluding hydrogens is 436 g/mol. The standard InChI is InChI=1S/C25H24N4O3S/c1-29(2)23(30)15-32-20-13-11-19(12-14-20)26-24(31)18-9-7-17(8-10-18)16-33-25-27-21-5-3-4-6-22(21)28-25/h3-14H,15-16H2,1-2H3,(H,26,31)(H,27,28). The van der Waals surface area contributed by atoms with Crippen LogP contribution in [0.3, 0.4) is 0 Å². The molecule has 33 heavy (non-hydrogen) atoms. The second-order valence-corrected chi connectivity index (χ2v) is 8.56. The molecule has 3 aromatic carbocycles. The molecule has 8 heteroatoms. The molecule has 0 fully saturated rings. The number of para-hydroxylation sites is 2. The number of fused-ring (bicyclic) bond motifs is 1. The highest BCUT2D eigenvalue weighted by Gasteiger charge is 2.09. The topological polar surface area (TPSA) is 87.3 Å². The van der Waals surface area contributed by atoms with E-state index in [4.69, 9.17) is 4.74 Å². The van der Waals surface area contributed by atoms with E-state index in [1.807, 2.05) is 48.5 Å². The maximum absolute atomic E-state index is 12.6. The van der Waals surface area contributed by atoms with Crippen LogP contribution in [0.25, 0.3) is 11.0 Å². The van der Waals surface area contributed by atoms with Crippen molar-refractivity contribution in [3.8, 4) is 5.75 Å². The van der Waals surface area contributed by atoms with E-state index in [0.717, 1.165) is 27.5 Å². The van der Waals surface area contributed by atoms with Crippen LogP contribution in [0.15, 0.2) is 78.0 Å². The van der Waals surface area contributed by atoms with Crippen LogP contribution in [0.4, 0.5) is 5.69 Å². The quantitative estimate of drug-likeness (QED) is 0.376. The molecule has 0 atom stereocenters. The van der Waals surface area contributed by atoms with E-state index in [2.05, 4.69) is 15.3 Å². The Balaban J connectivity index is 1.29. The van der Waals surface area contributed by atoms with Gasteiger partial charge in [0.1, 0.15) is 5.75 Å². The number of carbonyl (C=O) groups is 2. The summed E-state index contributed by atoms with van der Waals surface area (Å²) in [5, 5.41) is 3.74. The minimum Gasteiger partial charge on any atom is -0.484 e. The SMILES string of the molecule is CN(C)C(=O)COc1ccc(NC(=O)c2ccc(CSc3nc4ccccc4[nH]3)cc2)cc1. The second kappa shape index (κ2) is 10.2. The minimum absolute atomic E-state index is 0.0281. The first-order chi connectivity index (χ1) is 16.0. The van der Waals surface area contributed by atoms with Crippen molar-refractivity contribution < 1.29 is 14.3 Å². The summed E-state index contributed by atoms with van der Waals surface area (Å²) in [5.74, 6) is 1.00. The number of carbonyl (C=O) groups excluding carboxylic acids is 2. The predicted molar refractivity (Wildman–Crippen MR) is 131 cm³/mol. The number of benzene rings is 3. The summed E-state index contributed by atoms with van der Waals surface area (Å²) in [6.45, 7) is -0.0281. The maximum atomic E-state index is 12.6. The minimum atomic E-state index is -0.192. The number of likely N-dealkylation sites (N-methyl/N-ethyl adjacent to an activating group) is 1. The Kier molecular flexibility index (Phi) is 6.95. The number of hydrogen-bond acceptors (Lipinski definition) is 5. The Morgan fingerprint density at radius 1 is 1.00 bits per heavy atom. The number of thioether (sulfide) groups is 1. The summed E-state index contributed by atoms with van der Waals surface area (Å²) in [6.07, 6.45) is 0. The first-order valence-corrected chi connectivity index (χ1v) is 11.4. The van der Waals surface area contributed by atoms with Crippen LogP contribution in [-0.4, -0.2) is 47.4 Å². The van der Waals surface area contributed by atoms with Crippen molar-refractivity contribution in [1.82, 2.24) is 14.9 Å². The number of hydrogen-bond donors (Lipinski definition) is 2. The number of imidazole rings is 1. The van der Waals surface area contributed by atoms with Crippen LogP contribution in [0.2, 0.25) is 0 Å². The molecule has 0 radical (unpaired) electrons. The molecule has 1 heterocycles.